The highest BCUT2D eigenvalue weighted by molar-refractivity contribution is 5.95. The molecule has 0 unspecified atom stereocenters. The number of hydrogen-bond acceptors (Lipinski definition) is 3. The maximum atomic E-state index is 12.4. The third kappa shape index (κ3) is 4.11. The maximum Gasteiger partial charge on any atom is 0.246 e. The van der Waals surface area contributed by atoms with Crippen LogP contribution < -0.4 is 15.8 Å². The zero-order valence-electron chi connectivity index (χ0n) is 14.1. The summed E-state index contributed by atoms with van der Waals surface area (Å²) < 4.78 is 5.26. The number of amides is 1. The zero-order chi connectivity index (χ0) is 17.0. The van der Waals surface area contributed by atoms with Crippen LogP contribution in [0, 0.1) is 0 Å². The van der Waals surface area contributed by atoms with Crippen LogP contribution in [0.25, 0.3) is 0 Å². The van der Waals surface area contributed by atoms with E-state index in [1.165, 1.54) is 5.56 Å². The lowest BCUT2D eigenvalue weighted by atomic mass is 9.87. The molecule has 0 radical (unpaired) electrons. The van der Waals surface area contributed by atoms with E-state index in [1.54, 1.807) is 19.2 Å². The van der Waals surface area contributed by atoms with Crippen molar-refractivity contribution in [3.8, 4) is 5.75 Å². The van der Waals surface area contributed by atoms with Crippen LogP contribution in [0.15, 0.2) is 48.5 Å². The molecule has 0 aliphatic rings. The highest BCUT2D eigenvalue weighted by Crippen LogP contribution is 2.26. The number of rotatable bonds is 4. The van der Waals surface area contributed by atoms with Crippen molar-refractivity contribution < 1.29 is 9.53 Å². The van der Waals surface area contributed by atoms with Gasteiger partial charge in [-0.2, -0.15) is 0 Å². The van der Waals surface area contributed by atoms with Crippen LogP contribution in [0.1, 0.15) is 37.9 Å². The highest BCUT2D eigenvalue weighted by atomic mass is 16.5. The van der Waals surface area contributed by atoms with E-state index < -0.39 is 6.04 Å². The van der Waals surface area contributed by atoms with Gasteiger partial charge < -0.3 is 15.8 Å². The average molecular weight is 312 g/mol. The van der Waals surface area contributed by atoms with Crippen LogP contribution in [0.5, 0.6) is 5.75 Å². The first-order chi connectivity index (χ1) is 10.8. The summed E-state index contributed by atoms with van der Waals surface area (Å²) in [5.74, 6) is 0.344. The topological polar surface area (TPSA) is 64.3 Å². The first-order valence-corrected chi connectivity index (χ1v) is 7.63. The zero-order valence-corrected chi connectivity index (χ0v) is 14.1. The number of ether oxygens (including phenoxy) is 1. The number of carbonyl (C=O) groups is 1. The number of nitrogens with two attached hydrogens (primary N) is 1. The summed E-state index contributed by atoms with van der Waals surface area (Å²) in [5.41, 5.74) is 8.76. The van der Waals surface area contributed by atoms with Crippen LogP contribution in [0.2, 0.25) is 0 Å². The molecule has 0 heterocycles. The molecule has 0 aliphatic carbocycles. The first kappa shape index (κ1) is 17.0. The van der Waals surface area contributed by atoms with E-state index in [1.807, 2.05) is 36.4 Å². The van der Waals surface area contributed by atoms with E-state index in [2.05, 4.69) is 26.1 Å². The summed E-state index contributed by atoms with van der Waals surface area (Å²) in [5, 5.41) is 2.85. The van der Waals surface area contributed by atoms with E-state index in [4.69, 9.17) is 10.5 Å². The maximum absolute atomic E-state index is 12.4. The molecule has 0 saturated heterocycles. The summed E-state index contributed by atoms with van der Waals surface area (Å²) in [6, 6.07) is 14.3. The number of para-hydroxylation sites is 1. The number of methoxy groups -OCH3 is 1. The Morgan fingerprint density at radius 2 is 1.70 bits per heavy atom. The molecule has 0 spiro atoms. The van der Waals surface area contributed by atoms with Crippen LogP contribution in [-0.2, 0) is 10.2 Å². The lowest BCUT2D eigenvalue weighted by molar-refractivity contribution is -0.117. The lowest BCUT2D eigenvalue weighted by Gasteiger charge is -2.20. The van der Waals surface area contributed by atoms with Crippen molar-refractivity contribution in [3.05, 3.63) is 59.7 Å². The van der Waals surface area contributed by atoms with E-state index >= 15 is 0 Å². The fourth-order valence-electron chi connectivity index (χ4n) is 2.34. The van der Waals surface area contributed by atoms with E-state index in [9.17, 15) is 4.79 Å². The van der Waals surface area contributed by atoms with Gasteiger partial charge in [0.1, 0.15) is 11.8 Å². The van der Waals surface area contributed by atoms with Crippen LogP contribution in [-0.4, -0.2) is 13.0 Å². The van der Waals surface area contributed by atoms with Crippen LogP contribution in [0.4, 0.5) is 5.69 Å². The second-order valence-electron chi connectivity index (χ2n) is 6.54. The molecule has 122 valence electrons. The smallest absolute Gasteiger partial charge is 0.246 e. The summed E-state index contributed by atoms with van der Waals surface area (Å²) in [6.45, 7) is 6.45. The van der Waals surface area contributed by atoms with E-state index in [-0.39, 0.29) is 11.3 Å². The number of anilines is 1. The normalized spacial score (nSPS) is 12.6. The quantitative estimate of drug-likeness (QED) is 0.906. The van der Waals surface area contributed by atoms with Gasteiger partial charge in [0.25, 0.3) is 0 Å². The van der Waals surface area contributed by atoms with Gasteiger partial charge >= 0.3 is 0 Å². The van der Waals surface area contributed by atoms with Crippen molar-refractivity contribution in [1.82, 2.24) is 0 Å². The van der Waals surface area contributed by atoms with Crippen molar-refractivity contribution in [2.24, 2.45) is 5.73 Å². The molecule has 1 atom stereocenters. The summed E-state index contributed by atoms with van der Waals surface area (Å²) >= 11 is 0. The van der Waals surface area contributed by atoms with Gasteiger partial charge in [0.15, 0.2) is 0 Å². The molecular weight excluding hydrogens is 288 g/mol. The molecule has 4 heteroatoms. The fraction of sp³-hybridized carbons (Fsp3) is 0.316. The van der Waals surface area contributed by atoms with Gasteiger partial charge in [-0.25, -0.2) is 0 Å². The van der Waals surface area contributed by atoms with E-state index in [0.717, 1.165) is 5.69 Å². The van der Waals surface area contributed by atoms with Gasteiger partial charge in [0.2, 0.25) is 5.91 Å². The van der Waals surface area contributed by atoms with Crippen LogP contribution >= 0.6 is 0 Å². The Morgan fingerprint density at radius 3 is 2.26 bits per heavy atom. The van der Waals surface area contributed by atoms with Gasteiger partial charge in [-0.05, 0) is 29.2 Å². The van der Waals surface area contributed by atoms with Crippen molar-refractivity contribution in [2.75, 3.05) is 12.4 Å². The predicted octanol–water partition coefficient (Wildman–Crippen LogP) is 3.63. The third-order valence-electron chi connectivity index (χ3n) is 3.77. The van der Waals surface area contributed by atoms with Gasteiger partial charge in [0, 0.05) is 11.3 Å². The number of hydrogen-bond donors (Lipinski definition) is 2. The molecule has 2 aromatic rings. The summed E-state index contributed by atoms with van der Waals surface area (Å²) in [7, 11) is 1.56. The molecule has 2 rings (SSSR count). The van der Waals surface area contributed by atoms with Gasteiger partial charge in [-0.1, -0.05) is 51.1 Å². The molecule has 3 N–H and O–H groups in total. The Bertz CT molecular complexity index is 673. The molecule has 0 saturated carbocycles. The predicted molar refractivity (Wildman–Crippen MR) is 93.7 cm³/mol. The molecule has 2 aromatic carbocycles. The number of benzene rings is 2. The average Bonchev–Trinajstić information content (AvgIpc) is 2.53. The minimum absolute atomic E-state index is 0.0797. The van der Waals surface area contributed by atoms with Gasteiger partial charge in [-0.15, -0.1) is 0 Å². The Hall–Kier alpha value is -2.33. The SMILES string of the molecule is COc1ccccc1[C@H](N)C(=O)Nc1ccc(C(C)(C)C)cc1. The Balaban J connectivity index is 2.12. The molecule has 0 aromatic heterocycles. The Kier molecular flexibility index (Phi) is 5.06. The Labute approximate surface area is 137 Å². The van der Waals surface area contributed by atoms with Gasteiger partial charge in [0.05, 0.1) is 7.11 Å². The van der Waals surface area contributed by atoms with Crippen molar-refractivity contribution in [3.63, 3.8) is 0 Å². The molecule has 1 amide bonds. The molecule has 0 bridgehead atoms. The highest BCUT2D eigenvalue weighted by Gasteiger charge is 2.20. The molecular formula is C19H24N2O2. The number of nitrogens with one attached hydrogen (secondary N) is 1. The van der Waals surface area contributed by atoms with Crippen LogP contribution in [0.3, 0.4) is 0 Å². The lowest BCUT2D eigenvalue weighted by Crippen LogP contribution is -2.28. The monoisotopic (exact) mass is 312 g/mol. The standard InChI is InChI=1S/C19H24N2O2/c1-19(2,3)13-9-11-14(12-10-13)21-18(22)17(20)15-7-5-6-8-16(15)23-4/h5-12,17H,20H2,1-4H3,(H,21,22)/t17-/m0/s1. The molecule has 0 aliphatic heterocycles. The summed E-state index contributed by atoms with van der Waals surface area (Å²) in [4.78, 5) is 12.4. The van der Waals surface area contributed by atoms with Gasteiger partial charge in [-0.3, -0.25) is 4.79 Å². The minimum atomic E-state index is -0.784. The van der Waals surface area contributed by atoms with Crippen molar-refractivity contribution >= 4 is 11.6 Å². The molecule has 4 nitrogen and oxygen atoms in total. The number of carbonyl (C=O) groups excluding carboxylic acids is 1. The minimum Gasteiger partial charge on any atom is -0.496 e. The first-order valence-electron chi connectivity index (χ1n) is 7.63. The largest absolute Gasteiger partial charge is 0.496 e. The fourth-order valence-corrected chi connectivity index (χ4v) is 2.34. The Morgan fingerprint density at radius 1 is 1.09 bits per heavy atom. The van der Waals surface area contributed by atoms with Crippen molar-refractivity contribution in [2.45, 2.75) is 32.2 Å². The second-order valence-corrected chi connectivity index (χ2v) is 6.54. The van der Waals surface area contributed by atoms with Crippen molar-refractivity contribution in [1.29, 1.82) is 0 Å². The molecule has 23 heavy (non-hydrogen) atoms. The summed E-state index contributed by atoms with van der Waals surface area (Å²) in [6.07, 6.45) is 0. The third-order valence-corrected chi connectivity index (χ3v) is 3.77. The molecule has 0 fully saturated rings. The second kappa shape index (κ2) is 6.84. The van der Waals surface area contributed by atoms with E-state index in [0.29, 0.717) is 11.3 Å².